The normalized spacial score (nSPS) is 11.4. The van der Waals surface area contributed by atoms with Crippen LogP contribution in [0.25, 0.3) is 0 Å². The summed E-state index contributed by atoms with van der Waals surface area (Å²) in [4.78, 5) is 35.5. The first-order chi connectivity index (χ1) is 10.4. The van der Waals surface area contributed by atoms with Crippen molar-refractivity contribution in [2.24, 2.45) is 16.9 Å². The number of hydrogen-bond donors (Lipinski definition) is 2. The summed E-state index contributed by atoms with van der Waals surface area (Å²) in [6.45, 7) is 4.20. The number of rotatable bonds is 14. The van der Waals surface area contributed by atoms with Gasteiger partial charge >= 0.3 is 0 Å². The number of unbranched alkanes of at least 4 members (excludes halogenated alkanes) is 6. The van der Waals surface area contributed by atoms with Crippen molar-refractivity contribution in [3.63, 3.8) is 0 Å². The molecule has 0 aliphatic rings. The lowest BCUT2D eigenvalue weighted by molar-refractivity contribution is -0.142. The standard InChI is InChI=1S/C17H32N2O3/c1-3-5-7-9-11-17(16(19)22,12-10-8-6-4-2)14(20)13-15(18)21/h3-13H2,1-2H3,(H2,18,21)(H2,19,22). The van der Waals surface area contributed by atoms with Crippen molar-refractivity contribution >= 4 is 17.6 Å². The van der Waals surface area contributed by atoms with Crippen molar-refractivity contribution in [2.45, 2.75) is 84.5 Å². The third kappa shape index (κ3) is 7.05. The molecule has 0 atom stereocenters. The van der Waals surface area contributed by atoms with Crippen molar-refractivity contribution in [2.75, 3.05) is 0 Å². The minimum atomic E-state index is -1.21. The van der Waals surface area contributed by atoms with Crippen LogP contribution in [-0.2, 0) is 14.4 Å². The second-order valence-electron chi connectivity index (χ2n) is 6.13. The van der Waals surface area contributed by atoms with Crippen LogP contribution in [0.15, 0.2) is 0 Å². The second kappa shape index (κ2) is 11.2. The minimum absolute atomic E-state index is 0.398. The molecule has 0 bridgehead atoms. The highest BCUT2D eigenvalue weighted by atomic mass is 16.2. The van der Waals surface area contributed by atoms with E-state index in [1.54, 1.807) is 0 Å². The van der Waals surface area contributed by atoms with E-state index in [1.807, 2.05) is 0 Å². The monoisotopic (exact) mass is 312 g/mol. The van der Waals surface area contributed by atoms with E-state index < -0.39 is 29.4 Å². The average Bonchev–Trinajstić information content (AvgIpc) is 2.44. The number of Topliss-reactive ketones (excluding diaryl/α,β-unsaturated/α-hetero) is 1. The number of amides is 2. The van der Waals surface area contributed by atoms with Crippen LogP contribution in [0.1, 0.15) is 84.5 Å². The molecule has 0 aromatic carbocycles. The Kier molecular flexibility index (Phi) is 10.5. The fourth-order valence-electron chi connectivity index (χ4n) is 2.82. The number of carbonyl (C=O) groups excluding carboxylic acids is 3. The van der Waals surface area contributed by atoms with Gasteiger partial charge in [-0.2, -0.15) is 0 Å². The zero-order valence-electron chi connectivity index (χ0n) is 14.2. The Morgan fingerprint density at radius 3 is 1.55 bits per heavy atom. The van der Waals surface area contributed by atoms with E-state index >= 15 is 0 Å². The second-order valence-corrected chi connectivity index (χ2v) is 6.13. The van der Waals surface area contributed by atoms with Gasteiger partial charge in [0.25, 0.3) is 0 Å². The van der Waals surface area contributed by atoms with Crippen LogP contribution < -0.4 is 11.5 Å². The van der Waals surface area contributed by atoms with Crippen molar-refractivity contribution < 1.29 is 14.4 Å². The molecule has 0 aromatic rings. The Bertz CT molecular complexity index is 355. The van der Waals surface area contributed by atoms with Crippen LogP contribution in [0.2, 0.25) is 0 Å². The molecular weight excluding hydrogens is 280 g/mol. The van der Waals surface area contributed by atoms with Crippen LogP contribution >= 0.6 is 0 Å². The van der Waals surface area contributed by atoms with Gasteiger partial charge in [-0.05, 0) is 12.8 Å². The highest BCUT2D eigenvalue weighted by molar-refractivity contribution is 6.11. The minimum Gasteiger partial charge on any atom is -0.369 e. The lowest BCUT2D eigenvalue weighted by Crippen LogP contribution is -2.45. The fourth-order valence-corrected chi connectivity index (χ4v) is 2.82. The highest BCUT2D eigenvalue weighted by Gasteiger charge is 2.42. The average molecular weight is 312 g/mol. The molecule has 0 aromatic heterocycles. The zero-order valence-corrected chi connectivity index (χ0v) is 14.2. The molecule has 22 heavy (non-hydrogen) atoms. The molecule has 4 N–H and O–H groups in total. The molecule has 2 amide bonds. The number of hydrogen-bond acceptors (Lipinski definition) is 3. The molecule has 0 unspecified atom stereocenters. The molecule has 0 rings (SSSR count). The van der Waals surface area contributed by atoms with Gasteiger partial charge in [-0.25, -0.2) is 0 Å². The maximum Gasteiger partial charge on any atom is 0.231 e. The van der Waals surface area contributed by atoms with Crippen molar-refractivity contribution in [1.29, 1.82) is 0 Å². The maximum atomic E-state index is 12.4. The Hall–Kier alpha value is -1.39. The first-order valence-corrected chi connectivity index (χ1v) is 8.52. The van der Waals surface area contributed by atoms with E-state index in [1.165, 1.54) is 0 Å². The van der Waals surface area contributed by atoms with Crippen LogP contribution in [0.5, 0.6) is 0 Å². The van der Waals surface area contributed by atoms with Gasteiger partial charge in [0.1, 0.15) is 5.41 Å². The zero-order chi connectivity index (χ0) is 17.0. The van der Waals surface area contributed by atoms with E-state index in [-0.39, 0.29) is 0 Å². The van der Waals surface area contributed by atoms with Crippen LogP contribution in [0.3, 0.4) is 0 Å². The van der Waals surface area contributed by atoms with Crippen LogP contribution in [0, 0.1) is 5.41 Å². The molecule has 0 fully saturated rings. The summed E-state index contributed by atoms with van der Waals surface area (Å²) < 4.78 is 0. The Labute approximate surface area is 134 Å². The molecule has 128 valence electrons. The van der Waals surface area contributed by atoms with E-state index in [0.717, 1.165) is 51.4 Å². The molecule has 0 spiro atoms. The first kappa shape index (κ1) is 20.6. The van der Waals surface area contributed by atoms with E-state index in [4.69, 9.17) is 11.5 Å². The summed E-state index contributed by atoms with van der Waals surface area (Å²) in [5, 5.41) is 0. The van der Waals surface area contributed by atoms with Crippen molar-refractivity contribution in [3.8, 4) is 0 Å². The maximum absolute atomic E-state index is 12.4. The number of ketones is 1. The quantitative estimate of drug-likeness (QED) is 0.380. The lowest BCUT2D eigenvalue weighted by atomic mass is 9.72. The Morgan fingerprint density at radius 1 is 0.773 bits per heavy atom. The van der Waals surface area contributed by atoms with Gasteiger partial charge in [-0.3, -0.25) is 14.4 Å². The summed E-state index contributed by atoms with van der Waals surface area (Å²) in [6, 6.07) is 0. The van der Waals surface area contributed by atoms with Gasteiger partial charge in [0, 0.05) is 0 Å². The molecule has 5 nitrogen and oxygen atoms in total. The summed E-state index contributed by atoms with van der Waals surface area (Å²) in [6.07, 6.45) is 8.22. The Balaban J connectivity index is 4.96. The molecule has 0 saturated carbocycles. The molecule has 0 aliphatic heterocycles. The summed E-state index contributed by atoms with van der Waals surface area (Å²) in [7, 11) is 0. The van der Waals surface area contributed by atoms with E-state index in [9.17, 15) is 14.4 Å². The summed E-state index contributed by atoms with van der Waals surface area (Å²) in [5.41, 5.74) is 9.49. The third-order valence-corrected chi connectivity index (χ3v) is 4.25. The van der Waals surface area contributed by atoms with Gasteiger partial charge in [0.15, 0.2) is 5.78 Å². The van der Waals surface area contributed by atoms with E-state index in [2.05, 4.69) is 13.8 Å². The number of carbonyl (C=O) groups is 3. The summed E-state index contributed by atoms with van der Waals surface area (Å²) >= 11 is 0. The predicted octanol–water partition coefficient (Wildman–Crippen LogP) is 2.84. The van der Waals surface area contributed by atoms with Crippen LogP contribution in [-0.4, -0.2) is 17.6 Å². The SMILES string of the molecule is CCCCCCC(CCCCCC)(C(N)=O)C(=O)CC(N)=O. The summed E-state index contributed by atoms with van der Waals surface area (Å²) in [5.74, 6) is -1.70. The van der Waals surface area contributed by atoms with Gasteiger partial charge in [-0.1, -0.05) is 65.2 Å². The fraction of sp³-hybridized carbons (Fsp3) is 0.824. The molecule has 0 radical (unpaired) electrons. The predicted molar refractivity (Wildman–Crippen MR) is 88.0 cm³/mol. The van der Waals surface area contributed by atoms with Crippen molar-refractivity contribution in [3.05, 3.63) is 0 Å². The van der Waals surface area contributed by atoms with Crippen molar-refractivity contribution in [1.82, 2.24) is 0 Å². The number of nitrogens with two attached hydrogens (primary N) is 2. The smallest absolute Gasteiger partial charge is 0.231 e. The van der Waals surface area contributed by atoms with E-state index in [0.29, 0.717) is 12.8 Å². The van der Waals surface area contributed by atoms with Gasteiger partial charge in [-0.15, -0.1) is 0 Å². The van der Waals surface area contributed by atoms with Gasteiger partial charge < -0.3 is 11.5 Å². The highest BCUT2D eigenvalue weighted by Crippen LogP contribution is 2.34. The molecule has 0 heterocycles. The molecular formula is C17H32N2O3. The molecule has 0 aliphatic carbocycles. The largest absolute Gasteiger partial charge is 0.369 e. The lowest BCUT2D eigenvalue weighted by Gasteiger charge is -2.29. The topological polar surface area (TPSA) is 103 Å². The van der Waals surface area contributed by atoms with Gasteiger partial charge in [0.05, 0.1) is 6.42 Å². The molecule has 0 saturated heterocycles. The van der Waals surface area contributed by atoms with Gasteiger partial charge in [0.2, 0.25) is 11.8 Å². The first-order valence-electron chi connectivity index (χ1n) is 8.52. The number of primary amides is 2. The Morgan fingerprint density at radius 2 is 1.23 bits per heavy atom. The molecule has 5 heteroatoms. The van der Waals surface area contributed by atoms with Crippen LogP contribution in [0.4, 0.5) is 0 Å². The third-order valence-electron chi connectivity index (χ3n) is 4.25.